The van der Waals surface area contributed by atoms with Crippen molar-refractivity contribution in [3.63, 3.8) is 0 Å². The monoisotopic (exact) mass is 371 g/mol. The molecule has 0 aromatic heterocycles. The average Bonchev–Trinajstić information content (AvgIpc) is 2.71. The van der Waals surface area contributed by atoms with Gasteiger partial charge in [-0.05, 0) is 62.1 Å². The zero-order chi connectivity index (χ0) is 19.5. The summed E-state index contributed by atoms with van der Waals surface area (Å²) in [5, 5.41) is 2.97. The van der Waals surface area contributed by atoms with Gasteiger partial charge in [0.05, 0.1) is 13.7 Å². The molecule has 0 spiro atoms. The maximum absolute atomic E-state index is 12.4. The van der Waals surface area contributed by atoms with Crippen molar-refractivity contribution < 1.29 is 19.0 Å². The standard InChI is InChI=1S/C22H29NO4/c1-4-20(27-19-14-12-18(25-3)13-15-19)22(24)23-16-8-10-17-9-6-7-11-21(17)26-5-2/h6-7,9,11-15,20H,4-5,8,10,16H2,1-3H3,(H,23,24). The molecule has 0 saturated carbocycles. The molecule has 1 N–H and O–H groups in total. The second kappa shape index (κ2) is 11.1. The molecule has 27 heavy (non-hydrogen) atoms. The summed E-state index contributed by atoms with van der Waals surface area (Å²) in [5.74, 6) is 2.24. The molecule has 0 bridgehead atoms. The van der Waals surface area contributed by atoms with Gasteiger partial charge in [0.25, 0.3) is 5.91 Å². The van der Waals surface area contributed by atoms with Gasteiger partial charge >= 0.3 is 0 Å². The van der Waals surface area contributed by atoms with Crippen LogP contribution in [-0.2, 0) is 11.2 Å². The zero-order valence-corrected chi connectivity index (χ0v) is 16.4. The highest BCUT2D eigenvalue weighted by Crippen LogP contribution is 2.20. The van der Waals surface area contributed by atoms with Crippen LogP contribution in [0.1, 0.15) is 32.3 Å². The Morgan fingerprint density at radius 3 is 2.41 bits per heavy atom. The Hall–Kier alpha value is -2.69. The van der Waals surface area contributed by atoms with Crippen LogP contribution in [0.25, 0.3) is 0 Å². The van der Waals surface area contributed by atoms with Crippen LogP contribution in [-0.4, -0.2) is 32.3 Å². The van der Waals surface area contributed by atoms with Gasteiger partial charge in [0.1, 0.15) is 17.2 Å². The number of hydrogen-bond acceptors (Lipinski definition) is 4. The maximum Gasteiger partial charge on any atom is 0.261 e. The van der Waals surface area contributed by atoms with E-state index >= 15 is 0 Å². The maximum atomic E-state index is 12.4. The lowest BCUT2D eigenvalue weighted by Gasteiger charge is -2.17. The predicted molar refractivity (Wildman–Crippen MR) is 107 cm³/mol. The molecular weight excluding hydrogens is 342 g/mol. The van der Waals surface area contributed by atoms with E-state index in [1.165, 1.54) is 0 Å². The number of hydrogen-bond donors (Lipinski definition) is 1. The molecule has 5 heteroatoms. The fraction of sp³-hybridized carbons (Fsp3) is 0.409. The zero-order valence-electron chi connectivity index (χ0n) is 16.4. The van der Waals surface area contributed by atoms with Crippen molar-refractivity contribution in [1.29, 1.82) is 0 Å². The highest BCUT2D eigenvalue weighted by Gasteiger charge is 2.17. The first-order valence-corrected chi connectivity index (χ1v) is 9.47. The first-order valence-electron chi connectivity index (χ1n) is 9.47. The molecule has 0 aliphatic carbocycles. The van der Waals surface area contributed by atoms with Crippen LogP contribution in [0.15, 0.2) is 48.5 Å². The van der Waals surface area contributed by atoms with Crippen molar-refractivity contribution in [2.24, 2.45) is 0 Å². The summed E-state index contributed by atoms with van der Waals surface area (Å²) in [5.41, 5.74) is 1.16. The summed E-state index contributed by atoms with van der Waals surface area (Å²) >= 11 is 0. The number of amides is 1. The fourth-order valence-corrected chi connectivity index (χ4v) is 2.75. The number of carbonyl (C=O) groups is 1. The Bertz CT molecular complexity index is 700. The second-order valence-corrected chi connectivity index (χ2v) is 6.13. The van der Waals surface area contributed by atoms with E-state index in [4.69, 9.17) is 14.2 Å². The van der Waals surface area contributed by atoms with Crippen LogP contribution < -0.4 is 19.5 Å². The number of ether oxygens (including phenoxy) is 3. The van der Waals surface area contributed by atoms with Crippen molar-refractivity contribution in [2.75, 3.05) is 20.3 Å². The lowest BCUT2D eigenvalue weighted by Crippen LogP contribution is -2.38. The molecule has 146 valence electrons. The Morgan fingerprint density at radius 1 is 1.04 bits per heavy atom. The largest absolute Gasteiger partial charge is 0.497 e. The van der Waals surface area contributed by atoms with Gasteiger partial charge in [-0.15, -0.1) is 0 Å². The van der Waals surface area contributed by atoms with Crippen LogP contribution in [0.4, 0.5) is 0 Å². The second-order valence-electron chi connectivity index (χ2n) is 6.13. The average molecular weight is 371 g/mol. The van der Waals surface area contributed by atoms with Crippen molar-refractivity contribution in [3.8, 4) is 17.2 Å². The molecule has 0 aliphatic heterocycles. The Morgan fingerprint density at radius 2 is 1.74 bits per heavy atom. The number of aryl methyl sites for hydroxylation is 1. The molecule has 2 aromatic carbocycles. The van der Waals surface area contributed by atoms with Gasteiger partial charge in [-0.2, -0.15) is 0 Å². The van der Waals surface area contributed by atoms with Gasteiger partial charge in [0.15, 0.2) is 6.10 Å². The molecule has 0 fully saturated rings. The van der Waals surface area contributed by atoms with Crippen LogP contribution in [0.2, 0.25) is 0 Å². The van der Waals surface area contributed by atoms with E-state index in [9.17, 15) is 4.79 Å². The van der Waals surface area contributed by atoms with Gasteiger partial charge in [0, 0.05) is 6.54 Å². The number of rotatable bonds is 11. The highest BCUT2D eigenvalue weighted by molar-refractivity contribution is 5.81. The van der Waals surface area contributed by atoms with Gasteiger partial charge < -0.3 is 19.5 Å². The third kappa shape index (κ3) is 6.51. The van der Waals surface area contributed by atoms with E-state index in [1.54, 1.807) is 19.2 Å². The van der Waals surface area contributed by atoms with E-state index < -0.39 is 6.10 Å². The first-order chi connectivity index (χ1) is 13.2. The minimum Gasteiger partial charge on any atom is -0.497 e. The first kappa shape index (κ1) is 20.6. The van der Waals surface area contributed by atoms with E-state index in [0.717, 1.165) is 29.9 Å². The smallest absolute Gasteiger partial charge is 0.261 e. The predicted octanol–water partition coefficient (Wildman–Crippen LogP) is 4.00. The van der Waals surface area contributed by atoms with E-state index in [0.29, 0.717) is 25.3 Å². The minimum absolute atomic E-state index is 0.0913. The minimum atomic E-state index is -0.505. The van der Waals surface area contributed by atoms with Crippen LogP contribution >= 0.6 is 0 Å². The molecule has 1 atom stereocenters. The van der Waals surface area contributed by atoms with E-state index in [-0.39, 0.29) is 5.91 Å². The van der Waals surface area contributed by atoms with Crippen LogP contribution in [0, 0.1) is 0 Å². The summed E-state index contributed by atoms with van der Waals surface area (Å²) in [4.78, 5) is 12.4. The van der Waals surface area contributed by atoms with Crippen molar-refractivity contribution >= 4 is 5.91 Å². The summed E-state index contributed by atoms with van der Waals surface area (Å²) in [6, 6.07) is 15.3. The normalized spacial score (nSPS) is 11.5. The number of para-hydroxylation sites is 1. The molecule has 2 rings (SSSR count). The SMILES string of the molecule is CCOc1ccccc1CCCNC(=O)C(CC)Oc1ccc(OC)cc1. The molecule has 0 aliphatic rings. The number of nitrogens with one attached hydrogen (secondary N) is 1. The van der Waals surface area contributed by atoms with Gasteiger partial charge in [-0.3, -0.25) is 4.79 Å². The quantitative estimate of drug-likeness (QED) is 0.607. The summed E-state index contributed by atoms with van der Waals surface area (Å²) < 4.78 is 16.6. The summed E-state index contributed by atoms with van der Waals surface area (Å²) in [6.07, 6.45) is 1.79. The third-order valence-electron chi connectivity index (χ3n) is 4.20. The number of benzene rings is 2. The molecule has 0 radical (unpaired) electrons. The van der Waals surface area contributed by atoms with E-state index in [2.05, 4.69) is 11.4 Å². The van der Waals surface area contributed by atoms with Crippen molar-refractivity contribution in [2.45, 2.75) is 39.2 Å². The molecule has 0 heterocycles. The molecular formula is C22H29NO4. The molecule has 1 unspecified atom stereocenters. The summed E-state index contributed by atoms with van der Waals surface area (Å²) in [7, 11) is 1.62. The van der Waals surface area contributed by atoms with Crippen LogP contribution in [0.5, 0.6) is 17.2 Å². The Balaban J connectivity index is 1.79. The Kier molecular flexibility index (Phi) is 8.49. The topological polar surface area (TPSA) is 56.8 Å². The molecule has 1 amide bonds. The van der Waals surface area contributed by atoms with Gasteiger partial charge in [-0.1, -0.05) is 25.1 Å². The van der Waals surface area contributed by atoms with Crippen molar-refractivity contribution in [3.05, 3.63) is 54.1 Å². The Labute approximate surface area is 161 Å². The molecule has 5 nitrogen and oxygen atoms in total. The lowest BCUT2D eigenvalue weighted by molar-refractivity contribution is -0.128. The number of carbonyl (C=O) groups excluding carboxylic acids is 1. The highest BCUT2D eigenvalue weighted by atomic mass is 16.5. The van der Waals surface area contributed by atoms with Gasteiger partial charge in [0.2, 0.25) is 0 Å². The third-order valence-corrected chi connectivity index (χ3v) is 4.20. The molecule has 2 aromatic rings. The molecule has 0 saturated heterocycles. The summed E-state index contributed by atoms with van der Waals surface area (Å²) in [6.45, 7) is 5.16. The fourth-order valence-electron chi connectivity index (χ4n) is 2.75. The van der Waals surface area contributed by atoms with Crippen LogP contribution in [0.3, 0.4) is 0 Å². The van der Waals surface area contributed by atoms with Gasteiger partial charge in [-0.25, -0.2) is 0 Å². The number of methoxy groups -OCH3 is 1. The lowest BCUT2D eigenvalue weighted by atomic mass is 10.1. The van der Waals surface area contributed by atoms with Crippen molar-refractivity contribution in [1.82, 2.24) is 5.32 Å². The van der Waals surface area contributed by atoms with E-state index in [1.807, 2.05) is 44.2 Å².